The summed E-state index contributed by atoms with van der Waals surface area (Å²) in [7, 11) is -1.06. The second-order valence-corrected chi connectivity index (χ2v) is 5.92. The number of nitrogens with one attached hydrogen (secondary N) is 1. The van der Waals surface area contributed by atoms with Crippen molar-refractivity contribution in [2.75, 3.05) is 5.32 Å². The number of para-hydroxylation sites is 1. The summed E-state index contributed by atoms with van der Waals surface area (Å²) in [6.07, 6.45) is 0.853. The Morgan fingerprint density at radius 2 is 1.78 bits per heavy atom. The molecule has 0 saturated heterocycles. The Labute approximate surface area is 108 Å². The molecule has 0 radical (unpaired) electrons. The van der Waals surface area contributed by atoms with Crippen LogP contribution in [0.1, 0.15) is 11.1 Å². The molecule has 2 aromatic carbocycles. The standard InChI is InChI=1S/C15H11NOS/c17-18-14-8-4-3-7-12(14)16-13-9-10-5-1-2-6-11(10)15(13)18/h1-8,16H,9H2. The van der Waals surface area contributed by atoms with Crippen LogP contribution in [-0.4, -0.2) is 4.21 Å². The number of rotatable bonds is 0. The molecule has 0 bridgehead atoms. The molecule has 0 aromatic heterocycles. The SMILES string of the molecule is O=S1C2=C(Cc3ccccc32)Nc2ccccc21. The molecule has 0 amide bonds. The third-order valence-electron chi connectivity index (χ3n) is 3.46. The predicted molar refractivity (Wildman–Crippen MR) is 73.5 cm³/mol. The summed E-state index contributed by atoms with van der Waals surface area (Å²) in [5, 5.41) is 3.42. The molecule has 0 saturated carbocycles. The Morgan fingerprint density at radius 3 is 2.72 bits per heavy atom. The molecule has 4 rings (SSSR count). The van der Waals surface area contributed by atoms with Crippen LogP contribution in [0.2, 0.25) is 0 Å². The average molecular weight is 253 g/mol. The van der Waals surface area contributed by atoms with Crippen LogP contribution in [0.4, 0.5) is 5.69 Å². The molecule has 2 aromatic rings. The topological polar surface area (TPSA) is 29.1 Å². The van der Waals surface area contributed by atoms with Crippen LogP contribution in [0, 0.1) is 0 Å². The minimum absolute atomic E-state index is 0.853. The van der Waals surface area contributed by atoms with E-state index in [4.69, 9.17) is 0 Å². The third kappa shape index (κ3) is 1.25. The van der Waals surface area contributed by atoms with Crippen molar-refractivity contribution in [1.82, 2.24) is 0 Å². The van der Waals surface area contributed by atoms with E-state index < -0.39 is 10.8 Å². The van der Waals surface area contributed by atoms with Crippen LogP contribution in [0.3, 0.4) is 0 Å². The molecule has 2 nitrogen and oxygen atoms in total. The number of allylic oxidation sites excluding steroid dienone is 1. The number of benzene rings is 2. The smallest absolute Gasteiger partial charge is 0.0894 e. The average Bonchev–Trinajstić information content (AvgIpc) is 2.77. The molecule has 1 N–H and O–H groups in total. The van der Waals surface area contributed by atoms with Gasteiger partial charge < -0.3 is 5.32 Å². The molecule has 1 atom stereocenters. The van der Waals surface area contributed by atoms with Gasteiger partial charge in [-0.25, -0.2) is 4.21 Å². The van der Waals surface area contributed by atoms with Crippen molar-refractivity contribution in [2.45, 2.75) is 11.3 Å². The quantitative estimate of drug-likeness (QED) is 0.781. The van der Waals surface area contributed by atoms with Crippen LogP contribution in [0.5, 0.6) is 0 Å². The maximum atomic E-state index is 12.7. The van der Waals surface area contributed by atoms with Gasteiger partial charge in [-0.2, -0.15) is 0 Å². The number of fused-ring (bicyclic) bond motifs is 3. The van der Waals surface area contributed by atoms with Gasteiger partial charge >= 0.3 is 0 Å². The third-order valence-corrected chi connectivity index (χ3v) is 5.05. The summed E-state index contributed by atoms with van der Waals surface area (Å²) in [5.41, 5.74) is 4.46. The Kier molecular flexibility index (Phi) is 2.00. The first-order valence-electron chi connectivity index (χ1n) is 5.94. The molecule has 18 heavy (non-hydrogen) atoms. The molecule has 0 spiro atoms. The van der Waals surface area contributed by atoms with Crippen LogP contribution in [0.15, 0.2) is 59.1 Å². The highest BCUT2D eigenvalue weighted by Crippen LogP contribution is 2.42. The van der Waals surface area contributed by atoms with E-state index in [1.165, 1.54) is 5.56 Å². The molecule has 2 aliphatic rings. The Bertz CT molecular complexity index is 718. The summed E-state index contributed by atoms with van der Waals surface area (Å²) in [4.78, 5) is 1.84. The van der Waals surface area contributed by atoms with Gasteiger partial charge in [-0.05, 0) is 23.3 Å². The first-order chi connectivity index (χ1) is 8.84. The van der Waals surface area contributed by atoms with Gasteiger partial charge in [-0.1, -0.05) is 36.4 Å². The highest BCUT2D eigenvalue weighted by Gasteiger charge is 2.31. The first-order valence-corrected chi connectivity index (χ1v) is 7.09. The zero-order valence-corrected chi connectivity index (χ0v) is 10.5. The fourth-order valence-corrected chi connectivity index (χ4v) is 4.13. The molecule has 1 unspecified atom stereocenters. The molecule has 1 aliphatic heterocycles. The zero-order valence-electron chi connectivity index (χ0n) is 9.64. The van der Waals surface area contributed by atoms with Crippen LogP contribution >= 0.6 is 0 Å². The summed E-state index contributed by atoms with van der Waals surface area (Å²) in [6, 6.07) is 16.0. The van der Waals surface area contributed by atoms with Crippen LogP contribution < -0.4 is 5.32 Å². The van der Waals surface area contributed by atoms with Gasteiger partial charge in [0.05, 0.1) is 26.3 Å². The van der Waals surface area contributed by atoms with Gasteiger partial charge in [-0.3, -0.25) is 0 Å². The lowest BCUT2D eigenvalue weighted by Gasteiger charge is -2.19. The predicted octanol–water partition coefficient (Wildman–Crippen LogP) is 3.14. The van der Waals surface area contributed by atoms with E-state index in [-0.39, 0.29) is 0 Å². The highest BCUT2D eigenvalue weighted by molar-refractivity contribution is 7.95. The fraction of sp³-hybridized carbons (Fsp3) is 0.0667. The summed E-state index contributed by atoms with van der Waals surface area (Å²) in [6.45, 7) is 0. The molecular formula is C15H11NOS. The van der Waals surface area contributed by atoms with Crippen molar-refractivity contribution < 1.29 is 4.21 Å². The highest BCUT2D eigenvalue weighted by atomic mass is 32.2. The van der Waals surface area contributed by atoms with E-state index in [1.807, 2.05) is 36.4 Å². The number of hydrogen-bond donors (Lipinski definition) is 1. The van der Waals surface area contributed by atoms with Crippen molar-refractivity contribution in [1.29, 1.82) is 0 Å². The summed E-state index contributed by atoms with van der Waals surface area (Å²) >= 11 is 0. The van der Waals surface area contributed by atoms with Gasteiger partial charge in [0, 0.05) is 12.1 Å². The van der Waals surface area contributed by atoms with Gasteiger partial charge in [0.1, 0.15) is 0 Å². The van der Waals surface area contributed by atoms with Crippen molar-refractivity contribution in [2.24, 2.45) is 0 Å². The van der Waals surface area contributed by atoms with Crippen molar-refractivity contribution >= 4 is 21.4 Å². The first kappa shape index (κ1) is 10.1. The Morgan fingerprint density at radius 1 is 1.00 bits per heavy atom. The fourth-order valence-electron chi connectivity index (χ4n) is 2.65. The molecule has 1 heterocycles. The Balaban J connectivity index is 1.93. The molecular weight excluding hydrogens is 242 g/mol. The van der Waals surface area contributed by atoms with Gasteiger partial charge in [-0.15, -0.1) is 0 Å². The van der Waals surface area contributed by atoms with Crippen molar-refractivity contribution in [3.63, 3.8) is 0 Å². The molecule has 3 heteroatoms. The normalized spacial score (nSPS) is 19.9. The van der Waals surface area contributed by atoms with Crippen molar-refractivity contribution in [3.05, 3.63) is 65.4 Å². The van der Waals surface area contributed by atoms with Crippen LogP contribution in [0.25, 0.3) is 4.91 Å². The summed E-state index contributed by atoms with van der Waals surface area (Å²) < 4.78 is 12.7. The molecule has 88 valence electrons. The largest absolute Gasteiger partial charge is 0.357 e. The van der Waals surface area contributed by atoms with Gasteiger partial charge in [0.2, 0.25) is 0 Å². The lowest BCUT2D eigenvalue weighted by Crippen LogP contribution is -2.11. The van der Waals surface area contributed by atoms with Gasteiger partial charge in [0.15, 0.2) is 0 Å². The van der Waals surface area contributed by atoms with E-state index >= 15 is 0 Å². The van der Waals surface area contributed by atoms with E-state index in [0.717, 1.165) is 33.2 Å². The minimum Gasteiger partial charge on any atom is -0.357 e. The lowest BCUT2D eigenvalue weighted by molar-refractivity contribution is 0.689. The van der Waals surface area contributed by atoms with Crippen molar-refractivity contribution in [3.8, 4) is 0 Å². The van der Waals surface area contributed by atoms with E-state index in [0.29, 0.717) is 0 Å². The zero-order chi connectivity index (χ0) is 12.1. The van der Waals surface area contributed by atoms with E-state index in [1.54, 1.807) is 0 Å². The minimum atomic E-state index is -1.06. The lowest BCUT2D eigenvalue weighted by atomic mass is 10.1. The van der Waals surface area contributed by atoms with Gasteiger partial charge in [0.25, 0.3) is 0 Å². The monoisotopic (exact) mass is 253 g/mol. The molecule has 1 aliphatic carbocycles. The summed E-state index contributed by atoms with van der Waals surface area (Å²) in [5.74, 6) is 0. The Hall–Kier alpha value is -1.87. The second-order valence-electron chi connectivity index (χ2n) is 4.53. The maximum absolute atomic E-state index is 12.7. The number of hydrogen-bond acceptors (Lipinski definition) is 2. The van der Waals surface area contributed by atoms with Crippen LogP contribution in [-0.2, 0) is 17.2 Å². The number of anilines is 1. The maximum Gasteiger partial charge on any atom is 0.0894 e. The van der Waals surface area contributed by atoms with E-state index in [9.17, 15) is 4.21 Å². The second kappa shape index (κ2) is 3.56. The molecule has 0 fully saturated rings. The van der Waals surface area contributed by atoms with E-state index in [2.05, 4.69) is 17.4 Å².